The summed E-state index contributed by atoms with van der Waals surface area (Å²) in [7, 11) is 0. The van der Waals surface area contributed by atoms with Crippen LogP contribution >= 0.6 is 0 Å². The van der Waals surface area contributed by atoms with E-state index >= 15 is 0 Å². The average molecular weight is 306 g/mol. The van der Waals surface area contributed by atoms with Gasteiger partial charge in [-0.25, -0.2) is 9.18 Å². The molecular weight excluding hydrogens is 287 g/mol. The summed E-state index contributed by atoms with van der Waals surface area (Å²) >= 11 is 0. The standard InChI is InChI=1S/C16H19FN2O3/c17-13-5-7-18(8-6-13)15(20)14-9-11-3-1-2-4-12(11)10-19(14)16(21)22/h1-4,13-14H,5-10H2,(H,21,22)/t14-/m0/s1. The highest BCUT2D eigenvalue weighted by Crippen LogP contribution is 2.25. The van der Waals surface area contributed by atoms with E-state index in [1.807, 2.05) is 24.3 Å². The fraction of sp³-hybridized carbons (Fsp3) is 0.500. The van der Waals surface area contributed by atoms with E-state index in [2.05, 4.69) is 0 Å². The first kappa shape index (κ1) is 14.8. The van der Waals surface area contributed by atoms with Gasteiger partial charge < -0.3 is 10.0 Å². The molecule has 0 bridgehead atoms. The zero-order valence-electron chi connectivity index (χ0n) is 12.2. The number of nitrogens with zero attached hydrogens (tertiary/aromatic N) is 2. The molecule has 118 valence electrons. The van der Waals surface area contributed by atoms with Gasteiger partial charge in [-0.05, 0) is 24.0 Å². The van der Waals surface area contributed by atoms with Crippen molar-refractivity contribution in [3.63, 3.8) is 0 Å². The van der Waals surface area contributed by atoms with Crippen molar-refractivity contribution < 1.29 is 19.1 Å². The van der Waals surface area contributed by atoms with E-state index in [0.29, 0.717) is 32.4 Å². The molecule has 1 aromatic rings. The van der Waals surface area contributed by atoms with Crippen LogP contribution in [0.5, 0.6) is 0 Å². The predicted octanol–water partition coefficient (Wildman–Crippen LogP) is 2.05. The minimum atomic E-state index is -1.09. The first-order valence-corrected chi connectivity index (χ1v) is 7.55. The van der Waals surface area contributed by atoms with Crippen LogP contribution in [-0.4, -0.2) is 52.2 Å². The number of carbonyl (C=O) groups is 2. The van der Waals surface area contributed by atoms with Crippen LogP contribution < -0.4 is 0 Å². The fourth-order valence-electron chi connectivity index (χ4n) is 3.22. The maximum Gasteiger partial charge on any atom is 0.408 e. The van der Waals surface area contributed by atoms with Gasteiger partial charge >= 0.3 is 6.09 Å². The number of halogens is 1. The maximum absolute atomic E-state index is 13.2. The Morgan fingerprint density at radius 3 is 2.41 bits per heavy atom. The molecule has 0 unspecified atom stereocenters. The lowest BCUT2D eigenvalue weighted by Gasteiger charge is -2.38. The maximum atomic E-state index is 13.2. The molecule has 22 heavy (non-hydrogen) atoms. The SMILES string of the molecule is O=C([C@@H]1Cc2ccccc2CN1C(=O)O)N1CCC(F)CC1. The van der Waals surface area contributed by atoms with Crippen LogP contribution in [-0.2, 0) is 17.8 Å². The normalized spacial score (nSPS) is 22.3. The quantitative estimate of drug-likeness (QED) is 0.864. The first-order valence-electron chi connectivity index (χ1n) is 7.55. The van der Waals surface area contributed by atoms with Crippen LogP contribution in [0.15, 0.2) is 24.3 Å². The van der Waals surface area contributed by atoms with Gasteiger partial charge in [0.15, 0.2) is 0 Å². The molecule has 2 aliphatic rings. The third-order valence-electron chi connectivity index (χ3n) is 4.52. The number of benzene rings is 1. The van der Waals surface area contributed by atoms with Gasteiger partial charge in [0, 0.05) is 19.5 Å². The number of carboxylic acid groups (broad SMARTS) is 1. The molecule has 1 atom stereocenters. The molecule has 1 fully saturated rings. The van der Waals surface area contributed by atoms with Crippen LogP contribution in [0.3, 0.4) is 0 Å². The van der Waals surface area contributed by atoms with E-state index in [4.69, 9.17) is 0 Å². The Balaban J connectivity index is 1.81. The van der Waals surface area contributed by atoms with E-state index in [0.717, 1.165) is 11.1 Å². The average Bonchev–Trinajstić information content (AvgIpc) is 2.53. The summed E-state index contributed by atoms with van der Waals surface area (Å²) in [6.07, 6.45) is -0.888. The van der Waals surface area contributed by atoms with Crippen LogP contribution in [0.25, 0.3) is 0 Å². The Morgan fingerprint density at radius 2 is 1.77 bits per heavy atom. The summed E-state index contributed by atoms with van der Waals surface area (Å²) in [4.78, 5) is 27.0. The Hall–Kier alpha value is -2.11. The molecule has 1 aromatic carbocycles. The topological polar surface area (TPSA) is 60.9 Å². The van der Waals surface area contributed by atoms with E-state index in [1.54, 1.807) is 4.90 Å². The van der Waals surface area contributed by atoms with Gasteiger partial charge in [0.1, 0.15) is 12.2 Å². The molecule has 6 heteroatoms. The Kier molecular flexibility index (Phi) is 4.00. The lowest BCUT2D eigenvalue weighted by atomic mass is 9.93. The largest absolute Gasteiger partial charge is 0.465 e. The third-order valence-corrected chi connectivity index (χ3v) is 4.52. The number of hydrogen-bond acceptors (Lipinski definition) is 2. The fourth-order valence-corrected chi connectivity index (χ4v) is 3.22. The summed E-state index contributed by atoms with van der Waals surface area (Å²) in [6, 6.07) is 6.88. The summed E-state index contributed by atoms with van der Waals surface area (Å²) in [6.45, 7) is 0.957. The molecule has 0 aromatic heterocycles. The van der Waals surface area contributed by atoms with Gasteiger partial charge in [0.25, 0.3) is 0 Å². The van der Waals surface area contributed by atoms with Gasteiger partial charge in [-0.3, -0.25) is 9.69 Å². The van der Waals surface area contributed by atoms with Crippen LogP contribution in [0, 0.1) is 0 Å². The molecule has 0 spiro atoms. The van der Waals surface area contributed by atoms with Crippen LogP contribution in [0.2, 0.25) is 0 Å². The molecule has 0 radical (unpaired) electrons. The van der Waals surface area contributed by atoms with Crippen molar-refractivity contribution in [2.45, 2.75) is 38.0 Å². The minimum Gasteiger partial charge on any atom is -0.465 e. The number of carbonyl (C=O) groups excluding carboxylic acids is 1. The van der Waals surface area contributed by atoms with Gasteiger partial charge in [0.2, 0.25) is 5.91 Å². The van der Waals surface area contributed by atoms with Crippen molar-refractivity contribution in [2.24, 2.45) is 0 Å². The Morgan fingerprint density at radius 1 is 1.14 bits per heavy atom. The minimum absolute atomic E-state index is 0.205. The molecule has 1 saturated heterocycles. The molecular formula is C16H19FN2O3. The molecule has 3 rings (SSSR count). The zero-order valence-corrected chi connectivity index (χ0v) is 12.2. The van der Waals surface area contributed by atoms with Crippen molar-refractivity contribution in [3.8, 4) is 0 Å². The van der Waals surface area contributed by atoms with E-state index < -0.39 is 18.3 Å². The number of hydrogen-bond donors (Lipinski definition) is 1. The molecule has 2 heterocycles. The predicted molar refractivity (Wildman–Crippen MR) is 78.2 cm³/mol. The zero-order chi connectivity index (χ0) is 15.7. The van der Waals surface area contributed by atoms with Crippen molar-refractivity contribution in [3.05, 3.63) is 35.4 Å². The smallest absolute Gasteiger partial charge is 0.408 e. The van der Waals surface area contributed by atoms with Crippen molar-refractivity contribution in [1.82, 2.24) is 9.80 Å². The van der Waals surface area contributed by atoms with Crippen molar-refractivity contribution in [2.75, 3.05) is 13.1 Å². The number of alkyl halides is 1. The summed E-state index contributed by atoms with van der Waals surface area (Å²) in [5.41, 5.74) is 1.95. The highest BCUT2D eigenvalue weighted by atomic mass is 19.1. The van der Waals surface area contributed by atoms with Gasteiger partial charge in [-0.15, -0.1) is 0 Å². The van der Waals surface area contributed by atoms with Crippen LogP contribution in [0.1, 0.15) is 24.0 Å². The second kappa shape index (κ2) is 5.94. The second-order valence-electron chi connectivity index (χ2n) is 5.90. The van der Waals surface area contributed by atoms with Crippen molar-refractivity contribution in [1.29, 1.82) is 0 Å². The monoisotopic (exact) mass is 306 g/mol. The number of amides is 2. The van der Waals surface area contributed by atoms with E-state index in [-0.39, 0.29) is 12.5 Å². The lowest BCUT2D eigenvalue weighted by Crippen LogP contribution is -2.54. The number of fused-ring (bicyclic) bond motifs is 1. The second-order valence-corrected chi connectivity index (χ2v) is 5.90. The summed E-state index contributed by atoms with van der Waals surface area (Å²) in [5, 5.41) is 9.42. The number of rotatable bonds is 1. The Bertz CT molecular complexity index is 585. The molecule has 2 amide bonds. The van der Waals surface area contributed by atoms with E-state index in [9.17, 15) is 19.1 Å². The lowest BCUT2D eigenvalue weighted by molar-refractivity contribution is -0.138. The Labute approximate surface area is 128 Å². The highest BCUT2D eigenvalue weighted by Gasteiger charge is 2.37. The number of likely N-dealkylation sites (tertiary alicyclic amines) is 1. The summed E-state index contributed by atoms with van der Waals surface area (Å²) in [5.74, 6) is -0.205. The third kappa shape index (κ3) is 2.77. The number of piperidine rings is 1. The van der Waals surface area contributed by atoms with Gasteiger partial charge in [0.05, 0.1) is 6.54 Å². The van der Waals surface area contributed by atoms with Crippen LogP contribution in [0.4, 0.5) is 9.18 Å². The molecule has 1 N–H and O–H groups in total. The van der Waals surface area contributed by atoms with Gasteiger partial charge in [-0.2, -0.15) is 0 Å². The molecule has 0 aliphatic carbocycles. The molecule has 5 nitrogen and oxygen atoms in total. The molecule has 0 saturated carbocycles. The highest BCUT2D eigenvalue weighted by molar-refractivity contribution is 5.86. The van der Waals surface area contributed by atoms with Crippen molar-refractivity contribution >= 4 is 12.0 Å². The van der Waals surface area contributed by atoms with Gasteiger partial charge in [-0.1, -0.05) is 24.3 Å². The summed E-state index contributed by atoms with van der Waals surface area (Å²) < 4.78 is 13.2. The van der Waals surface area contributed by atoms with E-state index in [1.165, 1.54) is 4.90 Å². The molecule has 2 aliphatic heterocycles. The first-order chi connectivity index (χ1) is 10.6.